The van der Waals surface area contributed by atoms with E-state index in [2.05, 4.69) is 10.2 Å². The number of halogens is 3. The lowest BCUT2D eigenvalue weighted by Crippen LogP contribution is -2.55. The molecular weight excluding hydrogens is 573 g/mol. The number of hydrogen-bond donors (Lipinski definition) is 2. The van der Waals surface area contributed by atoms with Gasteiger partial charge in [0, 0.05) is 33.3 Å². The quantitative estimate of drug-likeness (QED) is 0.237. The van der Waals surface area contributed by atoms with E-state index in [0.29, 0.717) is 62.7 Å². The first-order valence-corrected chi connectivity index (χ1v) is 14.3. The fraction of sp³-hybridized carbons (Fsp3) is 0.367. The molecular formula is C30H32Cl3N3O4. The Morgan fingerprint density at radius 1 is 0.975 bits per heavy atom. The van der Waals surface area contributed by atoms with Gasteiger partial charge >= 0.3 is 5.97 Å². The highest BCUT2D eigenvalue weighted by Crippen LogP contribution is 2.39. The summed E-state index contributed by atoms with van der Waals surface area (Å²) in [7, 11) is 4.00. The molecule has 10 heteroatoms. The first kappa shape index (κ1) is 30.1. The Morgan fingerprint density at radius 3 is 2.38 bits per heavy atom. The van der Waals surface area contributed by atoms with Gasteiger partial charge in [-0.2, -0.15) is 0 Å². The fourth-order valence-corrected chi connectivity index (χ4v) is 5.57. The van der Waals surface area contributed by atoms with Gasteiger partial charge in [-0.1, -0.05) is 66.2 Å². The highest BCUT2D eigenvalue weighted by atomic mass is 35.5. The summed E-state index contributed by atoms with van der Waals surface area (Å²) in [6.07, 6.45) is 4.00. The van der Waals surface area contributed by atoms with E-state index in [1.165, 1.54) is 0 Å². The molecule has 0 aliphatic heterocycles. The number of carbonyl (C=O) groups is 2. The SMILES string of the molecule is CN(C)CCCOc1cc(-c2nc(C(=O)NC3(C(=O)O)CCCCC3)ccc2-c2ccc(Cl)cc2Cl)ccc1Cl. The lowest BCUT2D eigenvalue weighted by molar-refractivity contribution is -0.145. The smallest absolute Gasteiger partial charge is 0.329 e. The number of pyridine rings is 1. The molecule has 0 saturated heterocycles. The first-order chi connectivity index (χ1) is 19.1. The molecule has 2 N–H and O–H groups in total. The van der Waals surface area contributed by atoms with Crippen LogP contribution in [-0.2, 0) is 4.79 Å². The number of rotatable bonds is 10. The summed E-state index contributed by atoms with van der Waals surface area (Å²) in [5.41, 5.74) is 1.28. The second-order valence-corrected chi connectivity index (χ2v) is 11.5. The van der Waals surface area contributed by atoms with Crippen LogP contribution in [0.5, 0.6) is 5.75 Å². The number of carbonyl (C=O) groups excluding carboxylic acids is 1. The van der Waals surface area contributed by atoms with Gasteiger partial charge in [-0.15, -0.1) is 0 Å². The second kappa shape index (κ2) is 13.2. The van der Waals surface area contributed by atoms with Crippen LogP contribution in [0.25, 0.3) is 22.4 Å². The number of ether oxygens (including phenoxy) is 1. The van der Waals surface area contributed by atoms with Crippen LogP contribution < -0.4 is 10.1 Å². The lowest BCUT2D eigenvalue weighted by Gasteiger charge is -2.33. The molecule has 0 atom stereocenters. The zero-order valence-corrected chi connectivity index (χ0v) is 24.7. The largest absolute Gasteiger partial charge is 0.492 e. The van der Waals surface area contributed by atoms with Crippen LogP contribution in [0.1, 0.15) is 49.0 Å². The average molecular weight is 605 g/mol. The number of carboxylic acid groups (broad SMARTS) is 1. The van der Waals surface area contributed by atoms with Gasteiger partial charge in [0.25, 0.3) is 5.91 Å². The van der Waals surface area contributed by atoms with Crippen LogP contribution in [0.2, 0.25) is 15.1 Å². The Bertz CT molecular complexity index is 1390. The predicted molar refractivity (Wildman–Crippen MR) is 160 cm³/mol. The predicted octanol–water partition coefficient (Wildman–Crippen LogP) is 7.22. The van der Waals surface area contributed by atoms with Crippen molar-refractivity contribution in [1.82, 2.24) is 15.2 Å². The third-order valence-electron chi connectivity index (χ3n) is 7.03. The van der Waals surface area contributed by atoms with Gasteiger partial charge in [-0.3, -0.25) is 4.79 Å². The maximum absolute atomic E-state index is 13.4. The van der Waals surface area contributed by atoms with Crippen LogP contribution in [-0.4, -0.2) is 59.7 Å². The number of amides is 1. The summed E-state index contributed by atoms with van der Waals surface area (Å²) < 4.78 is 5.98. The Labute approximate surface area is 249 Å². The maximum Gasteiger partial charge on any atom is 0.329 e. The van der Waals surface area contributed by atoms with E-state index in [1.54, 1.807) is 48.5 Å². The monoisotopic (exact) mass is 603 g/mol. The molecule has 0 spiro atoms. The number of carboxylic acids is 1. The number of hydrogen-bond acceptors (Lipinski definition) is 5. The third kappa shape index (κ3) is 7.07. The van der Waals surface area contributed by atoms with Crippen molar-refractivity contribution in [2.75, 3.05) is 27.2 Å². The number of aromatic nitrogens is 1. The average Bonchev–Trinajstić information content (AvgIpc) is 2.92. The molecule has 1 heterocycles. The lowest BCUT2D eigenvalue weighted by atomic mass is 9.81. The van der Waals surface area contributed by atoms with Crippen molar-refractivity contribution < 1.29 is 19.4 Å². The molecule has 1 aliphatic carbocycles. The van der Waals surface area contributed by atoms with E-state index in [4.69, 9.17) is 44.5 Å². The zero-order valence-electron chi connectivity index (χ0n) is 22.5. The van der Waals surface area contributed by atoms with Gasteiger partial charge in [-0.05, 0) is 69.8 Å². The van der Waals surface area contributed by atoms with E-state index in [0.717, 1.165) is 32.2 Å². The topological polar surface area (TPSA) is 91.8 Å². The Hall–Kier alpha value is -2.84. The Balaban J connectivity index is 1.74. The van der Waals surface area contributed by atoms with Crippen LogP contribution in [0, 0.1) is 0 Å². The summed E-state index contributed by atoms with van der Waals surface area (Å²) in [4.78, 5) is 32.3. The van der Waals surface area contributed by atoms with E-state index >= 15 is 0 Å². The Kier molecular flexibility index (Phi) is 9.95. The third-order valence-corrected chi connectivity index (χ3v) is 7.89. The van der Waals surface area contributed by atoms with Gasteiger partial charge in [-0.25, -0.2) is 9.78 Å². The van der Waals surface area contributed by atoms with Crippen molar-refractivity contribution in [3.8, 4) is 28.1 Å². The molecule has 1 aliphatic rings. The fourth-order valence-electron chi connectivity index (χ4n) is 4.88. The molecule has 1 fully saturated rings. The van der Waals surface area contributed by atoms with Crippen LogP contribution in [0.15, 0.2) is 48.5 Å². The summed E-state index contributed by atoms with van der Waals surface area (Å²) in [6, 6.07) is 13.8. The first-order valence-electron chi connectivity index (χ1n) is 13.2. The van der Waals surface area contributed by atoms with Crippen molar-refractivity contribution in [3.63, 3.8) is 0 Å². The molecule has 2 aromatic carbocycles. The zero-order chi connectivity index (χ0) is 28.9. The van der Waals surface area contributed by atoms with Crippen molar-refractivity contribution in [2.45, 2.75) is 44.1 Å². The minimum Gasteiger partial charge on any atom is -0.492 e. The summed E-state index contributed by atoms with van der Waals surface area (Å²) in [6.45, 7) is 1.34. The van der Waals surface area contributed by atoms with Gasteiger partial charge in [0.05, 0.1) is 17.3 Å². The molecule has 3 aromatic rings. The molecule has 1 saturated carbocycles. The van der Waals surface area contributed by atoms with Crippen LogP contribution in [0.4, 0.5) is 0 Å². The highest BCUT2D eigenvalue weighted by molar-refractivity contribution is 6.36. The van der Waals surface area contributed by atoms with E-state index in [-0.39, 0.29) is 5.69 Å². The summed E-state index contributed by atoms with van der Waals surface area (Å²) >= 11 is 19.2. The molecule has 0 unspecified atom stereocenters. The number of nitrogens with zero attached hydrogens (tertiary/aromatic N) is 2. The Morgan fingerprint density at radius 2 is 1.70 bits per heavy atom. The van der Waals surface area contributed by atoms with E-state index < -0.39 is 17.4 Å². The van der Waals surface area contributed by atoms with Gasteiger partial charge in [0.1, 0.15) is 17.0 Å². The summed E-state index contributed by atoms with van der Waals surface area (Å²) in [5, 5.41) is 14.1. The molecule has 7 nitrogen and oxygen atoms in total. The molecule has 40 heavy (non-hydrogen) atoms. The molecule has 1 aromatic heterocycles. The number of aliphatic carboxylic acids is 1. The van der Waals surface area contributed by atoms with E-state index in [9.17, 15) is 14.7 Å². The second-order valence-electron chi connectivity index (χ2n) is 10.3. The minimum atomic E-state index is -1.30. The van der Waals surface area contributed by atoms with Crippen LogP contribution >= 0.6 is 34.8 Å². The van der Waals surface area contributed by atoms with E-state index in [1.807, 2.05) is 14.1 Å². The molecule has 4 rings (SSSR count). The van der Waals surface area contributed by atoms with Gasteiger partial charge < -0.3 is 20.1 Å². The maximum atomic E-state index is 13.4. The molecule has 212 valence electrons. The van der Waals surface area contributed by atoms with Gasteiger partial charge in [0.15, 0.2) is 0 Å². The van der Waals surface area contributed by atoms with Crippen molar-refractivity contribution in [2.24, 2.45) is 0 Å². The number of nitrogens with one attached hydrogen (secondary N) is 1. The summed E-state index contributed by atoms with van der Waals surface area (Å²) in [5.74, 6) is -1.08. The standard InChI is InChI=1S/C30H32Cl3N3O4/c1-36(2)15-6-16-40-26-17-19(7-11-23(26)32)27-22(21-9-8-20(31)18-24(21)33)10-12-25(34-27)28(37)35-30(29(38)39)13-4-3-5-14-30/h7-12,17-18H,3-6,13-16H2,1-2H3,(H,35,37)(H,38,39). The minimum absolute atomic E-state index is 0.0958. The van der Waals surface area contributed by atoms with Crippen LogP contribution in [0.3, 0.4) is 0 Å². The molecule has 0 bridgehead atoms. The van der Waals surface area contributed by atoms with Crippen molar-refractivity contribution >= 4 is 46.7 Å². The molecule has 0 radical (unpaired) electrons. The van der Waals surface area contributed by atoms with Gasteiger partial charge in [0.2, 0.25) is 0 Å². The van der Waals surface area contributed by atoms with Crippen molar-refractivity contribution in [3.05, 3.63) is 69.3 Å². The van der Waals surface area contributed by atoms with Crippen molar-refractivity contribution in [1.29, 1.82) is 0 Å². The number of benzene rings is 2. The molecule has 1 amide bonds. The highest BCUT2D eigenvalue weighted by Gasteiger charge is 2.41. The normalized spacial score (nSPS) is 14.7.